The zero-order valence-electron chi connectivity index (χ0n) is 13.7. The van der Waals surface area contributed by atoms with Gasteiger partial charge in [0.05, 0.1) is 5.54 Å². The topological polar surface area (TPSA) is 50.4 Å². The molecular formula is C16H24Cl2N2O2. The van der Waals surface area contributed by atoms with Gasteiger partial charge in [-0.15, -0.1) is 0 Å². The number of halogens is 2. The first-order valence-electron chi connectivity index (χ1n) is 7.14. The fraction of sp³-hybridized carbons (Fsp3) is 0.562. The maximum absolute atomic E-state index is 11.8. The van der Waals surface area contributed by atoms with Crippen molar-refractivity contribution < 1.29 is 9.53 Å². The molecule has 1 rings (SSSR count). The van der Waals surface area contributed by atoms with Crippen LogP contribution in [0.2, 0.25) is 10.0 Å². The first-order chi connectivity index (χ1) is 9.98. The molecule has 0 saturated heterocycles. The molecule has 0 unspecified atom stereocenters. The molecule has 1 amide bonds. The lowest BCUT2D eigenvalue weighted by atomic mass is 10.1. The van der Waals surface area contributed by atoms with Crippen molar-refractivity contribution >= 4 is 29.3 Å². The Balaban J connectivity index is 2.48. The molecule has 0 aliphatic carbocycles. The van der Waals surface area contributed by atoms with Crippen molar-refractivity contribution in [2.45, 2.75) is 52.3 Å². The summed E-state index contributed by atoms with van der Waals surface area (Å²) in [7, 11) is 0. The van der Waals surface area contributed by atoms with E-state index in [0.29, 0.717) is 23.1 Å². The van der Waals surface area contributed by atoms with E-state index in [0.717, 1.165) is 5.56 Å². The van der Waals surface area contributed by atoms with Gasteiger partial charge in [-0.25, -0.2) is 4.79 Å². The number of ether oxygens (including phenoxy) is 1. The maximum atomic E-state index is 11.8. The Labute approximate surface area is 142 Å². The average Bonchev–Trinajstić information content (AvgIpc) is 2.30. The van der Waals surface area contributed by atoms with Crippen LogP contribution in [0.25, 0.3) is 0 Å². The summed E-state index contributed by atoms with van der Waals surface area (Å²) in [5.74, 6) is 0. The Morgan fingerprint density at radius 1 is 1.18 bits per heavy atom. The number of hydrogen-bond donors (Lipinski definition) is 2. The molecule has 1 aromatic rings. The van der Waals surface area contributed by atoms with Crippen LogP contribution in [-0.2, 0) is 11.3 Å². The molecule has 0 atom stereocenters. The fourth-order valence-electron chi connectivity index (χ4n) is 1.81. The number of carbonyl (C=O) groups excluding carboxylic acids is 1. The zero-order valence-corrected chi connectivity index (χ0v) is 15.2. The lowest BCUT2D eigenvalue weighted by Gasteiger charge is -2.29. The predicted octanol–water partition coefficient (Wildman–Crippen LogP) is 4.39. The lowest BCUT2D eigenvalue weighted by Crippen LogP contribution is -2.51. The molecule has 124 valence electrons. The van der Waals surface area contributed by atoms with Gasteiger partial charge in [-0.1, -0.05) is 23.2 Å². The van der Waals surface area contributed by atoms with E-state index in [-0.39, 0.29) is 0 Å². The highest BCUT2D eigenvalue weighted by Crippen LogP contribution is 2.20. The second-order valence-corrected chi connectivity index (χ2v) is 7.69. The quantitative estimate of drug-likeness (QED) is 0.831. The number of carbonyl (C=O) groups is 1. The Hall–Kier alpha value is -0.970. The Bertz CT molecular complexity index is 525. The van der Waals surface area contributed by atoms with E-state index in [4.69, 9.17) is 27.9 Å². The third-order valence-corrected chi connectivity index (χ3v) is 3.33. The minimum atomic E-state index is -0.512. The van der Waals surface area contributed by atoms with Gasteiger partial charge < -0.3 is 15.4 Å². The molecule has 0 spiro atoms. The zero-order chi connectivity index (χ0) is 17.0. The number of alkyl carbamates (subject to hydrolysis) is 1. The number of nitrogens with one attached hydrogen (secondary N) is 2. The van der Waals surface area contributed by atoms with Crippen molar-refractivity contribution in [1.29, 1.82) is 0 Å². The van der Waals surface area contributed by atoms with Gasteiger partial charge in [0.2, 0.25) is 0 Å². The van der Waals surface area contributed by atoms with Gasteiger partial charge in [-0.05, 0) is 58.4 Å². The summed E-state index contributed by atoms with van der Waals surface area (Å²) in [5, 5.41) is 7.41. The van der Waals surface area contributed by atoms with E-state index in [1.807, 2.05) is 40.7 Å². The molecule has 6 heteroatoms. The third-order valence-electron chi connectivity index (χ3n) is 2.73. The second-order valence-electron chi connectivity index (χ2n) is 6.85. The van der Waals surface area contributed by atoms with E-state index in [1.54, 1.807) is 12.1 Å². The molecule has 0 fully saturated rings. The van der Waals surface area contributed by atoms with E-state index in [2.05, 4.69) is 10.6 Å². The summed E-state index contributed by atoms with van der Waals surface area (Å²) in [6.07, 6.45) is -0.430. The Morgan fingerprint density at radius 2 is 1.82 bits per heavy atom. The summed E-state index contributed by atoms with van der Waals surface area (Å²) in [5.41, 5.74) is -0.0443. The summed E-state index contributed by atoms with van der Waals surface area (Å²) in [6, 6.07) is 5.34. The highest BCUT2D eigenvalue weighted by atomic mass is 35.5. The van der Waals surface area contributed by atoms with Crippen LogP contribution in [0.4, 0.5) is 4.79 Å². The van der Waals surface area contributed by atoms with Crippen molar-refractivity contribution in [3.63, 3.8) is 0 Å². The number of rotatable bonds is 5. The van der Waals surface area contributed by atoms with Crippen LogP contribution >= 0.6 is 23.2 Å². The Morgan fingerprint density at radius 3 is 2.41 bits per heavy atom. The number of benzene rings is 1. The first-order valence-corrected chi connectivity index (χ1v) is 7.90. The van der Waals surface area contributed by atoms with Crippen LogP contribution in [-0.4, -0.2) is 23.8 Å². The molecule has 0 radical (unpaired) electrons. The molecule has 0 bridgehead atoms. The molecule has 22 heavy (non-hydrogen) atoms. The number of hydrogen-bond acceptors (Lipinski definition) is 3. The maximum Gasteiger partial charge on any atom is 0.408 e. The van der Waals surface area contributed by atoms with Crippen molar-refractivity contribution in [3.8, 4) is 0 Å². The van der Waals surface area contributed by atoms with Crippen molar-refractivity contribution in [2.24, 2.45) is 0 Å². The van der Waals surface area contributed by atoms with Crippen molar-refractivity contribution in [2.75, 3.05) is 6.54 Å². The molecule has 0 aliphatic heterocycles. The summed E-state index contributed by atoms with van der Waals surface area (Å²) in [6.45, 7) is 10.5. The van der Waals surface area contributed by atoms with Gasteiger partial charge in [0.1, 0.15) is 5.60 Å². The average molecular weight is 347 g/mol. The molecule has 0 aliphatic rings. The standard InChI is InChI=1S/C16H24Cl2N2O2/c1-15(2,3)22-14(21)20-16(4,5)10-19-9-11-8-12(17)6-7-13(11)18/h6-8,19H,9-10H2,1-5H3,(H,20,21). The molecule has 1 aromatic carbocycles. The van der Waals surface area contributed by atoms with Gasteiger partial charge >= 0.3 is 6.09 Å². The van der Waals surface area contributed by atoms with Gasteiger partial charge in [-0.2, -0.15) is 0 Å². The van der Waals surface area contributed by atoms with Crippen LogP contribution in [0.5, 0.6) is 0 Å². The van der Waals surface area contributed by atoms with E-state index < -0.39 is 17.2 Å². The molecule has 0 saturated carbocycles. The smallest absolute Gasteiger partial charge is 0.408 e. The van der Waals surface area contributed by atoms with Crippen molar-refractivity contribution in [3.05, 3.63) is 33.8 Å². The van der Waals surface area contributed by atoms with Crippen molar-refractivity contribution in [1.82, 2.24) is 10.6 Å². The van der Waals surface area contributed by atoms with Crippen LogP contribution in [0.15, 0.2) is 18.2 Å². The van der Waals surface area contributed by atoms with E-state index in [9.17, 15) is 4.79 Å². The molecule has 0 aromatic heterocycles. The predicted molar refractivity (Wildman–Crippen MR) is 91.6 cm³/mol. The minimum Gasteiger partial charge on any atom is -0.444 e. The largest absolute Gasteiger partial charge is 0.444 e. The molecular weight excluding hydrogens is 323 g/mol. The summed E-state index contributed by atoms with van der Waals surface area (Å²) < 4.78 is 5.26. The molecule has 2 N–H and O–H groups in total. The van der Waals surface area contributed by atoms with E-state index >= 15 is 0 Å². The van der Waals surface area contributed by atoms with Gasteiger partial charge in [0.15, 0.2) is 0 Å². The van der Waals surface area contributed by atoms with Gasteiger partial charge in [0, 0.05) is 23.1 Å². The normalized spacial score (nSPS) is 12.1. The van der Waals surface area contributed by atoms with Gasteiger partial charge in [-0.3, -0.25) is 0 Å². The highest BCUT2D eigenvalue weighted by Gasteiger charge is 2.24. The van der Waals surface area contributed by atoms with Crippen LogP contribution in [0.3, 0.4) is 0 Å². The summed E-state index contributed by atoms with van der Waals surface area (Å²) in [4.78, 5) is 11.8. The lowest BCUT2D eigenvalue weighted by molar-refractivity contribution is 0.0472. The van der Waals surface area contributed by atoms with Crippen LogP contribution in [0, 0.1) is 0 Å². The fourth-order valence-corrected chi connectivity index (χ4v) is 2.19. The molecule has 0 heterocycles. The van der Waals surface area contributed by atoms with E-state index in [1.165, 1.54) is 0 Å². The second kappa shape index (κ2) is 7.53. The van der Waals surface area contributed by atoms with Crippen LogP contribution in [0.1, 0.15) is 40.2 Å². The Kier molecular flexibility index (Phi) is 6.53. The third kappa shape index (κ3) is 7.34. The highest BCUT2D eigenvalue weighted by molar-refractivity contribution is 6.33. The molecule has 4 nitrogen and oxygen atoms in total. The van der Waals surface area contributed by atoms with Crippen LogP contribution < -0.4 is 10.6 Å². The first kappa shape index (κ1) is 19.1. The number of amides is 1. The van der Waals surface area contributed by atoms with Gasteiger partial charge in [0.25, 0.3) is 0 Å². The monoisotopic (exact) mass is 346 g/mol. The SMILES string of the molecule is CC(C)(CNCc1cc(Cl)ccc1Cl)NC(=O)OC(C)(C)C. The summed E-state index contributed by atoms with van der Waals surface area (Å²) >= 11 is 12.1. The minimum absolute atomic E-state index is 0.430.